The van der Waals surface area contributed by atoms with Gasteiger partial charge in [0.1, 0.15) is 5.75 Å². The van der Waals surface area contributed by atoms with Crippen molar-refractivity contribution < 1.29 is 19.0 Å². The number of rotatable bonds is 11. The van der Waals surface area contributed by atoms with Gasteiger partial charge in [0.2, 0.25) is 0 Å². The van der Waals surface area contributed by atoms with E-state index < -0.39 is 12.0 Å². The van der Waals surface area contributed by atoms with Crippen molar-refractivity contribution in [2.75, 3.05) is 0 Å². The van der Waals surface area contributed by atoms with E-state index in [1.165, 1.54) is 25.3 Å². The van der Waals surface area contributed by atoms with Gasteiger partial charge in [-0.25, -0.2) is 4.79 Å². The van der Waals surface area contributed by atoms with Gasteiger partial charge in [0.15, 0.2) is 0 Å². The standard InChI is InChI=1S/C23H27FO3/c1-2-3-4-5-6-7-12-22(24)27-20-15-13-18(14-16-20)17-19-10-8-9-11-21(19)23(25)26/h8-16H,2-7,17H2,1H3,(H,25,26)/b22-12+. The van der Waals surface area contributed by atoms with Crippen LogP contribution in [0.1, 0.15) is 66.9 Å². The smallest absolute Gasteiger partial charge is 0.335 e. The molecule has 144 valence electrons. The molecule has 0 unspecified atom stereocenters. The third-order valence-corrected chi connectivity index (χ3v) is 4.39. The number of allylic oxidation sites excluding steroid dienone is 1. The molecule has 0 bridgehead atoms. The largest absolute Gasteiger partial charge is 0.478 e. The van der Waals surface area contributed by atoms with Crippen molar-refractivity contribution in [3.63, 3.8) is 0 Å². The number of halogens is 1. The van der Waals surface area contributed by atoms with Crippen molar-refractivity contribution in [1.82, 2.24) is 0 Å². The highest BCUT2D eigenvalue weighted by molar-refractivity contribution is 5.89. The molecule has 2 rings (SSSR count). The maximum atomic E-state index is 13.8. The van der Waals surface area contributed by atoms with E-state index in [0.29, 0.717) is 24.2 Å². The lowest BCUT2D eigenvalue weighted by Crippen LogP contribution is -2.02. The Balaban J connectivity index is 1.87. The fourth-order valence-corrected chi connectivity index (χ4v) is 2.90. The minimum absolute atomic E-state index is 0.297. The number of carbonyl (C=O) groups is 1. The summed E-state index contributed by atoms with van der Waals surface area (Å²) in [5.41, 5.74) is 1.98. The summed E-state index contributed by atoms with van der Waals surface area (Å²) in [6.45, 7) is 2.17. The summed E-state index contributed by atoms with van der Waals surface area (Å²) in [6.07, 6.45) is 8.38. The van der Waals surface area contributed by atoms with Crippen LogP contribution in [0.3, 0.4) is 0 Å². The van der Waals surface area contributed by atoms with E-state index in [9.17, 15) is 14.3 Å². The maximum Gasteiger partial charge on any atom is 0.335 e. The van der Waals surface area contributed by atoms with Crippen LogP contribution in [0.2, 0.25) is 0 Å². The van der Waals surface area contributed by atoms with Crippen LogP contribution in [-0.2, 0) is 6.42 Å². The van der Waals surface area contributed by atoms with Gasteiger partial charge >= 0.3 is 5.97 Å². The molecule has 0 fully saturated rings. The summed E-state index contributed by atoms with van der Waals surface area (Å²) in [5, 5.41) is 9.25. The SMILES string of the molecule is CCCCCCC/C=C(\F)Oc1ccc(Cc2ccccc2C(=O)O)cc1. The third kappa shape index (κ3) is 7.26. The average molecular weight is 370 g/mol. The summed E-state index contributed by atoms with van der Waals surface area (Å²) in [4.78, 5) is 11.3. The van der Waals surface area contributed by atoms with Crippen LogP contribution >= 0.6 is 0 Å². The van der Waals surface area contributed by atoms with Gasteiger partial charge < -0.3 is 9.84 Å². The fourth-order valence-electron chi connectivity index (χ4n) is 2.90. The first kappa shape index (κ1) is 20.7. The summed E-state index contributed by atoms with van der Waals surface area (Å²) in [6, 6.07) is 13.4. The highest BCUT2D eigenvalue weighted by Crippen LogP contribution is 2.20. The highest BCUT2D eigenvalue weighted by atomic mass is 19.1. The maximum absolute atomic E-state index is 13.8. The van der Waals surface area contributed by atoms with E-state index in [1.807, 2.05) is 18.2 Å². The van der Waals surface area contributed by atoms with E-state index in [2.05, 4.69) is 6.92 Å². The van der Waals surface area contributed by atoms with Gasteiger partial charge in [0.25, 0.3) is 6.01 Å². The van der Waals surface area contributed by atoms with Gasteiger partial charge in [-0.1, -0.05) is 62.9 Å². The number of benzene rings is 2. The van der Waals surface area contributed by atoms with Gasteiger partial charge in [-0.3, -0.25) is 0 Å². The summed E-state index contributed by atoms with van der Waals surface area (Å²) in [5.74, 6) is -0.502. The van der Waals surface area contributed by atoms with Crippen LogP contribution < -0.4 is 4.74 Å². The van der Waals surface area contributed by atoms with Crippen molar-refractivity contribution in [3.05, 3.63) is 77.3 Å². The van der Waals surface area contributed by atoms with Crippen molar-refractivity contribution in [2.45, 2.75) is 51.9 Å². The molecule has 0 aliphatic carbocycles. The van der Waals surface area contributed by atoms with Crippen LogP contribution in [0, 0.1) is 0 Å². The summed E-state index contributed by atoms with van der Waals surface area (Å²) >= 11 is 0. The van der Waals surface area contributed by atoms with E-state index in [0.717, 1.165) is 24.0 Å². The number of aromatic carboxylic acids is 1. The lowest BCUT2D eigenvalue weighted by Gasteiger charge is -2.07. The Kier molecular flexibility index (Phi) is 8.56. The Morgan fingerprint density at radius 1 is 1.04 bits per heavy atom. The van der Waals surface area contributed by atoms with Gasteiger partial charge in [0, 0.05) is 0 Å². The van der Waals surface area contributed by atoms with Gasteiger partial charge in [0.05, 0.1) is 5.56 Å². The van der Waals surface area contributed by atoms with Gasteiger partial charge in [-0.05, 0) is 54.7 Å². The van der Waals surface area contributed by atoms with Crippen LogP contribution in [-0.4, -0.2) is 11.1 Å². The fraction of sp³-hybridized carbons (Fsp3) is 0.348. The van der Waals surface area contributed by atoms with Crippen molar-refractivity contribution >= 4 is 5.97 Å². The van der Waals surface area contributed by atoms with Crippen molar-refractivity contribution in [2.24, 2.45) is 0 Å². The Labute approximate surface area is 160 Å². The van der Waals surface area contributed by atoms with E-state index in [1.54, 1.807) is 30.3 Å². The number of carboxylic acid groups (broad SMARTS) is 1. The topological polar surface area (TPSA) is 46.5 Å². The third-order valence-electron chi connectivity index (χ3n) is 4.39. The first-order valence-electron chi connectivity index (χ1n) is 9.53. The van der Waals surface area contributed by atoms with Crippen molar-refractivity contribution in [1.29, 1.82) is 0 Å². The van der Waals surface area contributed by atoms with Crippen molar-refractivity contribution in [3.8, 4) is 5.75 Å². The second-order valence-electron chi connectivity index (χ2n) is 6.60. The van der Waals surface area contributed by atoms with Crippen LogP contribution in [0.15, 0.2) is 60.6 Å². The molecule has 0 atom stereocenters. The second kappa shape index (κ2) is 11.2. The second-order valence-corrected chi connectivity index (χ2v) is 6.60. The molecule has 0 radical (unpaired) electrons. The van der Waals surface area contributed by atoms with Gasteiger partial charge in [-0.2, -0.15) is 4.39 Å². The molecule has 0 aliphatic rings. The number of ether oxygens (including phenoxy) is 1. The molecule has 4 heteroatoms. The number of carboxylic acids is 1. The quantitative estimate of drug-likeness (QED) is 0.361. The Hall–Kier alpha value is -2.62. The molecule has 0 heterocycles. The average Bonchev–Trinajstić information content (AvgIpc) is 2.66. The van der Waals surface area contributed by atoms with Crippen LogP contribution in [0.5, 0.6) is 5.75 Å². The number of hydrogen-bond donors (Lipinski definition) is 1. The lowest BCUT2D eigenvalue weighted by molar-refractivity contribution is 0.0696. The molecule has 0 amide bonds. The zero-order chi connectivity index (χ0) is 19.5. The van der Waals surface area contributed by atoms with E-state index >= 15 is 0 Å². The summed E-state index contributed by atoms with van der Waals surface area (Å²) < 4.78 is 19.0. The number of hydrogen-bond acceptors (Lipinski definition) is 2. The molecule has 3 nitrogen and oxygen atoms in total. The molecular weight excluding hydrogens is 343 g/mol. The molecule has 0 saturated heterocycles. The Morgan fingerprint density at radius 3 is 2.44 bits per heavy atom. The molecule has 2 aromatic carbocycles. The van der Waals surface area contributed by atoms with E-state index in [-0.39, 0.29) is 0 Å². The molecule has 2 aromatic rings. The molecule has 0 spiro atoms. The minimum atomic E-state index is -0.938. The van der Waals surface area contributed by atoms with Crippen LogP contribution in [0.25, 0.3) is 0 Å². The molecular formula is C23H27FO3. The van der Waals surface area contributed by atoms with E-state index in [4.69, 9.17) is 4.74 Å². The first-order chi connectivity index (χ1) is 13.1. The zero-order valence-corrected chi connectivity index (χ0v) is 15.8. The normalized spacial score (nSPS) is 11.4. The molecule has 0 saturated carbocycles. The highest BCUT2D eigenvalue weighted by Gasteiger charge is 2.09. The van der Waals surface area contributed by atoms with Crippen LogP contribution in [0.4, 0.5) is 4.39 Å². The molecule has 0 aliphatic heterocycles. The Morgan fingerprint density at radius 2 is 1.74 bits per heavy atom. The van der Waals surface area contributed by atoms with Gasteiger partial charge in [-0.15, -0.1) is 0 Å². The number of unbranched alkanes of at least 4 members (excludes halogenated alkanes) is 5. The Bertz CT molecular complexity index is 750. The molecule has 1 N–H and O–H groups in total. The zero-order valence-electron chi connectivity index (χ0n) is 15.8. The minimum Gasteiger partial charge on any atom is -0.478 e. The predicted molar refractivity (Wildman–Crippen MR) is 106 cm³/mol. The molecule has 0 aromatic heterocycles. The monoisotopic (exact) mass is 370 g/mol. The lowest BCUT2D eigenvalue weighted by atomic mass is 10.00. The predicted octanol–water partition coefficient (Wildman–Crippen LogP) is 6.53. The molecule has 27 heavy (non-hydrogen) atoms. The first-order valence-corrected chi connectivity index (χ1v) is 9.53. The summed E-state index contributed by atoms with van der Waals surface area (Å²) in [7, 11) is 0.